The van der Waals surface area contributed by atoms with Crippen LogP contribution in [0.1, 0.15) is 10.4 Å². The molecule has 0 aromatic heterocycles. The molecule has 0 aliphatic rings. The van der Waals surface area contributed by atoms with Gasteiger partial charge in [-0.2, -0.15) is 8.42 Å². The van der Waals surface area contributed by atoms with Crippen LogP contribution < -0.4 is 9.86 Å². The molecule has 0 amide bonds. The van der Waals surface area contributed by atoms with E-state index in [1.165, 1.54) is 0 Å². The SMILES string of the molecule is NS(=O)(=O)Nc1ccc(F)c(C(=O)O)c1. The molecule has 82 valence electrons. The van der Waals surface area contributed by atoms with Gasteiger partial charge in [-0.3, -0.25) is 4.72 Å². The van der Waals surface area contributed by atoms with E-state index in [0.29, 0.717) is 0 Å². The number of benzene rings is 1. The Hall–Kier alpha value is -1.67. The molecule has 0 atom stereocenters. The van der Waals surface area contributed by atoms with E-state index in [1.807, 2.05) is 4.72 Å². The van der Waals surface area contributed by atoms with Crippen molar-refractivity contribution in [1.29, 1.82) is 0 Å². The molecule has 0 saturated heterocycles. The number of nitrogens with one attached hydrogen (secondary N) is 1. The van der Waals surface area contributed by atoms with Crippen molar-refractivity contribution in [2.24, 2.45) is 5.14 Å². The minimum Gasteiger partial charge on any atom is -0.478 e. The summed E-state index contributed by atoms with van der Waals surface area (Å²) in [5, 5.41) is 13.2. The van der Waals surface area contributed by atoms with Crippen LogP contribution in [0.5, 0.6) is 0 Å². The summed E-state index contributed by atoms with van der Waals surface area (Å²) in [4.78, 5) is 10.5. The van der Waals surface area contributed by atoms with E-state index in [1.54, 1.807) is 0 Å². The lowest BCUT2D eigenvalue weighted by atomic mass is 10.2. The van der Waals surface area contributed by atoms with Gasteiger partial charge in [-0.1, -0.05) is 0 Å². The van der Waals surface area contributed by atoms with Crippen LogP contribution in [0.4, 0.5) is 10.1 Å². The van der Waals surface area contributed by atoms with Gasteiger partial charge < -0.3 is 5.11 Å². The fraction of sp³-hybridized carbons (Fsp3) is 0. The van der Waals surface area contributed by atoms with E-state index >= 15 is 0 Å². The maximum absolute atomic E-state index is 12.9. The minimum absolute atomic E-state index is 0.115. The van der Waals surface area contributed by atoms with Crippen molar-refractivity contribution in [3.05, 3.63) is 29.6 Å². The molecule has 1 rings (SSSR count). The molecule has 4 N–H and O–H groups in total. The zero-order valence-corrected chi connectivity index (χ0v) is 8.08. The van der Waals surface area contributed by atoms with Gasteiger partial charge in [-0.05, 0) is 18.2 Å². The number of rotatable bonds is 3. The Balaban J connectivity index is 3.14. The first-order valence-electron chi connectivity index (χ1n) is 3.63. The number of hydrogen-bond donors (Lipinski definition) is 3. The van der Waals surface area contributed by atoms with Crippen LogP contribution in [-0.2, 0) is 10.2 Å². The van der Waals surface area contributed by atoms with Crippen molar-refractivity contribution in [2.45, 2.75) is 0 Å². The van der Waals surface area contributed by atoms with Crippen LogP contribution in [-0.4, -0.2) is 19.5 Å². The summed E-state index contributed by atoms with van der Waals surface area (Å²) in [5.74, 6) is -2.45. The van der Waals surface area contributed by atoms with Crippen molar-refractivity contribution < 1.29 is 22.7 Å². The normalized spacial score (nSPS) is 11.1. The highest BCUT2D eigenvalue weighted by Crippen LogP contribution is 2.15. The van der Waals surface area contributed by atoms with Crippen molar-refractivity contribution in [2.75, 3.05) is 4.72 Å². The lowest BCUT2D eigenvalue weighted by molar-refractivity contribution is 0.0692. The van der Waals surface area contributed by atoms with Crippen molar-refractivity contribution >= 4 is 21.9 Å². The average molecular weight is 234 g/mol. The predicted octanol–water partition coefficient (Wildman–Crippen LogP) is 0.139. The molecule has 0 saturated carbocycles. The molecule has 8 heteroatoms. The van der Waals surface area contributed by atoms with Crippen LogP contribution in [0.3, 0.4) is 0 Å². The van der Waals surface area contributed by atoms with E-state index in [9.17, 15) is 17.6 Å². The summed E-state index contributed by atoms with van der Waals surface area (Å²) < 4.78 is 35.9. The third-order valence-corrected chi connectivity index (χ3v) is 1.98. The summed E-state index contributed by atoms with van der Waals surface area (Å²) in [6.07, 6.45) is 0. The molecular weight excluding hydrogens is 227 g/mol. The lowest BCUT2D eigenvalue weighted by Crippen LogP contribution is -2.22. The molecule has 0 radical (unpaired) electrons. The summed E-state index contributed by atoms with van der Waals surface area (Å²) >= 11 is 0. The molecule has 0 spiro atoms. The first kappa shape index (κ1) is 11.4. The molecule has 0 fully saturated rings. The molecule has 1 aromatic carbocycles. The summed E-state index contributed by atoms with van der Waals surface area (Å²) in [5.41, 5.74) is -0.750. The summed E-state index contributed by atoms with van der Waals surface area (Å²) in [6.45, 7) is 0. The minimum atomic E-state index is -4.00. The van der Waals surface area contributed by atoms with Crippen molar-refractivity contribution in [3.8, 4) is 0 Å². The monoisotopic (exact) mass is 234 g/mol. The third kappa shape index (κ3) is 3.18. The van der Waals surface area contributed by atoms with E-state index in [-0.39, 0.29) is 5.69 Å². The van der Waals surface area contributed by atoms with Gasteiger partial charge in [-0.25, -0.2) is 14.3 Å². The molecule has 0 unspecified atom stereocenters. The van der Waals surface area contributed by atoms with Gasteiger partial charge >= 0.3 is 5.97 Å². The maximum Gasteiger partial charge on any atom is 0.338 e. The molecular formula is C7H7FN2O4S. The highest BCUT2D eigenvalue weighted by atomic mass is 32.2. The number of aromatic carboxylic acids is 1. The quantitative estimate of drug-likeness (QED) is 0.690. The standard InChI is InChI=1S/C7H7FN2O4S/c8-6-2-1-4(10-15(9,13)14)3-5(6)7(11)12/h1-3,10H,(H,11,12)(H2,9,13,14). The third-order valence-electron chi connectivity index (χ3n) is 1.46. The predicted molar refractivity (Wildman–Crippen MR) is 50.1 cm³/mol. The maximum atomic E-state index is 12.9. The van der Waals surface area contributed by atoms with Crippen LogP contribution in [0.2, 0.25) is 0 Å². The van der Waals surface area contributed by atoms with Crippen molar-refractivity contribution in [3.63, 3.8) is 0 Å². The Labute approximate surface area is 84.7 Å². The molecule has 0 aliphatic heterocycles. The molecule has 0 bridgehead atoms. The number of halogens is 1. The van der Waals surface area contributed by atoms with E-state index in [4.69, 9.17) is 5.11 Å². The molecule has 0 heterocycles. The number of carboxylic acids is 1. The molecule has 0 aliphatic carbocycles. The Bertz CT molecular complexity index is 500. The smallest absolute Gasteiger partial charge is 0.338 e. The Morgan fingerprint density at radius 2 is 2.07 bits per heavy atom. The Kier molecular flexibility index (Phi) is 2.91. The Morgan fingerprint density at radius 3 is 2.53 bits per heavy atom. The zero-order chi connectivity index (χ0) is 11.6. The van der Waals surface area contributed by atoms with Gasteiger partial charge in [0.2, 0.25) is 0 Å². The average Bonchev–Trinajstić information content (AvgIpc) is 2.05. The zero-order valence-electron chi connectivity index (χ0n) is 7.27. The first-order chi connectivity index (χ1) is 6.79. The first-order valence-corrected chi connectivity index (χ1v) is 5.17. The van der Waals surface area contributed by atoms with Gasteiger partial charge in [0.1, 0.15) is 5.82 Å². The van der Waals surface area contributed by atoms with Crippen LogP contribution in [0.25, 0.3) is 0 Å². The fourth-order valence-corrected chi connectivity index (χ4v) is 1.37. The van der Waals surface area contributed by atoms with E-state index in [2.05, 4.69) is 5.14 Å². The molecule has 6 nitrogen and oxygen atoms in total. The topological polar surface area (TPSA) is 109 Å². The lowest BCUT2D eigenvalue weighted by Gasteiger charge is -2.04. The number of carbonyl (C=O) groups is 1. The van der Waals surface area contributed by atoms with Gasteiger partial charge in [-0.15, -0.1) is 0 Å². The fourth-order valence-electron chi connectivity index (χ4n) is 0.917. The van der Waals surface area contributed by atoms with Crippen molar-refractivity contribution in [1.82, 2.24) is 0 Å². The number of anilines is 1. The van der Waals surface area contributed by atoms with Crippen LogP contribution in [0, 0.1) is 5.82 Å². The number of nitrogens with two attached hydrogens (primary N) is 1. The number of hydrogen-bond acceptors (Lipinski definition) is 3. The Morgan fingerprint density at radius 1 is 1.47 bits per heavy atom. The van der Waals surface area contributed by atoms with Crippen LogP contribution in [0.15, 0.2) is 18.2 Å². The van der Waals surface area contributed by atoms with E-state index < -0.39 is 27.6 Å². The van der Waals surface area contributed by atoms with Gasteiger partial charge in [0, 0.05) is 0 Å². The summed E-state index contributed by atoms with van der Waals surface area (Å²) in [7, 11) is -4.00. The van der Waals surface area contributed by atoms with Gasteiger partial charge in [0.05, 0.1) is 11.3 Å². The highest BCUT2D eigenvalue weighted by molar-refractivity contribution is 7.90. The largest absolute Gasteiger partial charge is 0.478 e. The highest BCUT2D eigenvalue weighted by Gasteiger charge is 2.12. The molecule has 15 heavy (non-hydrogen) atoms. The van der Waals surface area contributed by atoms with E-state index in [0.717, 1.165) is 18.2 Å². The molecule has 1 aromatic rings. The number of carboxylic acid groups (broad SMARTS) is 1. The second-order valence-corrected chi connectivity index (χ2v) is 3.94. The summed E-state index contributed by atoms with van der Waals surface area (Å²) in [6, 6.07) is 2.73. The second kappa shape index (κ2) is 3.83. The van der Waals surface area contributed by atoms with Gasteiger partial charge in [0.25, 0.3) is 10.2 Å². The second-order valence-electron chi connectivity index (χ2n) is 2.65. The van der Waals surface area contributed by atoms with Crippen LogP contribution >= 0.6 is 0 Å². The van der Waals surface area contributed by atoms with Gasteiger partial charge in [0.15, 0.2) is 0 Å².